The molecule has 0 saturated heterocycles. The molecule has 0 atom stereocenters. The van der Waals surface area contributed by atoms with Gasteiger partial charge in [-0.1, -0.05) is 0 Å². The molecule has 4 aromatic carbocycles. The highest BCUT2D eigenvalue weighted by Gasteiger charge is 2.21. The van der Waals surface area contributed by atoms with Crippen molar-refractivity contribution >= 4 is 0 Å². The predicted octanol–water partition coefficient (Wildman–Crippen LogP) is 11.3. The third-order valence-corrected chi connectivity index (χ3v) is 10.8. The van der Waals surface area contributed by atoms with Crippen LogP contribution in [0, 0.1) is 104 Å². The van der Waals surface area contributed by atoms with Gasteiger partial charge in [0.25, 0.3) is 0 Å². The molecule has 0 N–H and O–H groups in total. The van der Waals surface area contributed by atoms with Gasteiger partial charge in [0.15, 0.2) is 0 Å². The maximum atomic E-state index is 2.47. The second-order valence-electron chi connectivity index (χ2n) is 12.3. The topological polar surface area (TPSA) is 0 Å². The highest BCUT2D eigenvalue weighted by atomic mass is 14.3. The maximum absolute atomic E-state index is 2.47. The quantitative estimate of drug-likeness (QED) is 0.254. The molecule has 0 saturated carbocycles. The van der Waals surface area contributed by atoms with Crippen molar-refractivity contribution in [3.8, 4) is 33.4 Å². The van der Waals surface area contributed by atoms with Gasteiger partial charge in [-0.2, -0.15) is 0 Å². The number of rotatable bonds is 3. The van der Waals surface area contributed by atoms with Crippen molar-refractivity contribution in [3.05, 3.63) is 102 Å². The standard InChI is InChI=1S/C39H48/c1-19-22(4)28(10)37(29(11)23(19)5)34-16-35(38-30(12)24(6)20(2)25(7)31(38)13)18-36(17-34)39-32(14)26(8)21(3)27(9)33(39)15/h16-18H,1-15H3. The summed E-state index contributed by atoms with van der Waals surface area (Å²) in [7, 11) is 0. The van der Waals surface area contributed by atoms with E-state index in [-0.39, 0.29) is 0 Å². The zero-order valence-corrected chi connectivity index (χ0v) is 27.2. The van der Waals surface area contributed by atoms with E-state index in [1.807, 2.05) is 0 Å². The van der Waals surface area contributed by atoms with E-state index in [1.54, 1.807) is 0 Å². The van der Waals surface area contributed by atoms with E-state index >= 15 is 0 Å². The molecule has 0 spiro atoms. The van der Waals surface area contributed by atoms with Crippen molar-refractivity contribution in [1.29, 1.82) is 0 Å². The minimum absolute atomic E-state index is 1.33. The molecule has 0 nitrogen and oxygen atoms in total. The van der Waals surface area contributed by atoms with Crippen LogP contribution in [0.4, 0.5) is 0 Å². The molecule has 0 fully saturated rings. The van der Waals surface area contributed by atoms with Crippen LogP contribution >= 0.6 is 0 Å². The second-order valence-corrected chi connectivity index (χ2v) is 12.3. The molecular formula is C39H48. The van der Waals surface area contributed by atoms with Crippen molar-refractivity contribution < 1.29 is 0 Å². The lowest BCUT2D eigenvalue weighted by molar-refractivity contribution is 1.17. The van der Waals surface area contributed by atoms with Gasteiger partial charge in [0.1, 0.15) is 0 Å². The molecule has 4 rings (SSSR count). The van der Waals surface area contributed by atoms with Gasteiger partial charge in [0, 0.05) is 0 Å². The van der Waals surface area contributed by atoms with Crippen molar-refractivity contribution in [2.45, 2.75) is 104 Å². The van der Waals surface area contributed by atoms with Crippen LogP contribution in [0.1, 0.15) is 83.5 Å². The predicted molar refractivity (Wildman–Crippen MR) is 174 cm³/mol. The molecular weight excluding hydrogens is 468 g/mol. The van der Waals surface area contributed by atoms with E-state index in [1.165, 1.54) is 117 Å². The van der Waals surface area contributed by atoms with Gasteiger partial charge in [-0.15, -0.1) is 0 Å². The van der Waals surface area contributed by atoms with Crippen LogP contribution in [0.5, 0.6) is 0 Å². The molecule has 204 valence electrons. The van der Waals surface area contributed by atoms with Crippen LogP contribution in [0.25, 0.3) is 33.4 Å². The smallest absolute Gasteiger partial charge is 0.0120 e. The number of benzene rings is 4. The van der Waals surface area contributed by atoms with Gasteiger partial charge in [-0.3, -0.25) is 0 Å². The zero-order valence-electron chi connectivity index (χ0n) is 27.2. The largest absolute Gasteiger partial charge is 0.0464 e. The summed E-state index contributed by atoms with van der Waals surface area (Å²) in [5.41, 5.74) is 29.2. The van der Waals surface area contributed by atoms with E-state index in [9.17, 15) is 0 Å². The van der Waals surface area contributed by atoms with Gasteiger partial charge < -0.3 is 0 Å². The fraction of sp³-hybridized carbons (Fsp3) is 0.385. The lowest BCUT2D eigenvalue weighted by atomic mass is 9.80. The summed E-state index contributed by atoms with van der Waals surface area (Å²) in [6, 6.07) is 7.40. The fourth-order valence-electron chi connectivity index (χ4n) is 6.86. The molecule has 0 radical (unpaired) electrons. The first-order valence-corrected chi connectivity index (χ1v) is 14.5. The summed E-state index contributed by atoms with van der Waals surface area (Å²) in [5, 5.41) is 0. The first-order chi connectivity index (χ1) is 18.1. The average Bonchev–Trinajstić information content (AvgIpc) is 2.91. The summed E-state index contributed by atoms with van der Waals surface area (Å²) < 4.78 is 0. The van der Waals surface area contributed by atoms with Crippen molar-refractivity contribution in [1.82, 2.24) is 0 Å². The Hall–Kier alpha value is -3.12. The molecule has 0 heterocycles. The molecule has 0 aliphatic heterocycles. The highest BCUT2D eigenvalue weighted by Crippen LogP contribution is 2.43. The van der Waals surface area contributed by atoms with E-state index < -0.39 is 0 Å². The molecule has 0 heteroatoms. The van der Waals surface area contributed by atoms with Crippen LogP contribution in [-0.4, -0.2) is 0 Å². The fourth-order valence-corrected chi connectivity index (χ4v) is 6.86. The third kappa shape index (κ3) is 4.37. The highest BCUT2D eigenvalue weighted by molar-refractivity contribution is 5.88. The lowest BCUT2D eigenvalue weighted by Crippen LogP contribution is -2.03. The Balaban J connectivity index is 2.22. The molecule has 0 bridgehead atoms. The van der Waals surface area contributed by atoms with Crippen molar-refractivity contribution in [2.24, 2.45) is 0 Å². The molecule has 0 aliphatic carbocycles. The summed E-state index contributed by atoms with van der Waals surface area (Å²) in [5.74, 6) is 0. The van der Waals surface area contributed by atoms with E-state index in [0.717, 1.165) is 0 Å². The minimum Gasteiger partial charge on any atom is -0.0464 e. The SMILES string of the molecule is Cc1c(C)c(C)c(-c2cc(-c3c(C)c(C)c(C)c(C)c3C)cc(-c3c(C)c(C)c(C)c(C)c3C)c2)c(C)c1C. The summed E-state index contributed by atoms with van der Waals surface area (Å²) in [4.78, 5) is 0. The maximum Gasteiger partial charge on any atom is -0.0120 e. The molecule has 0 amide bonds. The van der Waals surface area contributed by atoms with Crippen LogP contribution in [0.15, 0.2) is 18.2 Å². The lowest BCUT2D eigenvalue weighted by Gasteiger charge is -2.24. The first kappa shape index (κ1) is 28.9. The molecule has 0 unspecified atom stereocenters. The Morgan fingerprint density at radius 1 is 0.205 bits per heavy atom. The monoisotopic (exact) mass is 516 g/mol. The van der Waals surface area contributed by atoms with Crippen molar-refractivity contribution in [3.63, 3.8) is 0 Å². The third-order valence-electron chi connectivity index (χ3n) is 10.8. The Morgan fingerprint density at radius 2 is 0.333 bits per heavy atom. The van der Waals surface area contributed by atoms with Crippen LogP contribution in [0.2, 0.25) is 0 Å². The average molecular weight is 517 g/mol. The first-order valence-electron chi connectivity index (χ1n) is 14.5. The number of hydrogen-bond acceptors (Lipinski definition) is 0. The van der Waals surface area contributed by atoms with Crippen LogP contribution < -0.4 is 0 Å². The van der Waals surface area contributed by atoms with Gasteiger partial charge in [0.05, 0.1) is 0 Å². The van der Waals surface area contributed by atoms with E-state index in [4.69, 9.17) is 0 Å². The summed E-state index contributed by atoms with van der Waals surface area (Å²) >= 11 is 0. The zero-order chi connectivity index (χ0) is 29.2. The Bertz CT molecular complexity index is 1370. The normalized spacial score (nSPS) is 11.5. The van der Waals surface area contributed by atoms with Gasteiger partial charge in [-0.05, 0) is 239 Å². The summed E-state index contributed by atoms with van der Waals surface area (Å²) in [6.07, 6.45) is 0. The Morgan fingerprint density at radius 3 is 0.487 bits per heavy atom. The Kier molecular flexibility index (Phi) is 7.50. The van der Waals surface area contributed by atoms with Gasteiger partial charge in [-0.25, -0.2) is 0 Å². The molecule has 39 heavy (non-hydrogen) atoms. The van der Waals surface area contributed by atoms with Gasteiger partial charge >= 0.3 is 0 Å². The molecule has 0 aliphatic rings. The summed E-state index contributed by atoms with van der Waals surface area (Å²) in [6.45, 7) is 34.4. The molecule has 0 aromatic heterocycles. The van der Waals surface area contributed by atoms with Crippen molar-refractivity contribution in [2.75, 3.05) is 0 Å². The minimum atomic E-state index is 1.33. The van der Waals surface area contributed by atoms with Gasteiger partial charge in [0.2, 0.25) is 0 Å². The van der Waals surface area contributed by atoms with Crippen LogP contribution in [-0.2, 0) is 0 Å². The van der Waals surface area contributed by atoms with E-state index in [2.05, 4.69) is 122 Å². The Labute approximate surface area is 238 Å². The van der Waals surface area contributed by atoms with E-state index in [0.29, 0.717) is 0 Å². The second kappa shape index (κ2) is 10.1. The molecule has 4 aromatic rings. The number of hydrogen-bond donors (Lipinski definition) is 0. The van der Waals surface area contributed by atoms with Crippen LogP contribution in [0.3, 0.4) is 0 Å².